The molecule has 0 saturated heterocycles. The first-order valence-corrected chi connectivity index (χ1v) is 11.4. The Morgan fingerprint density at radius 1 is 0.875 bits per heavy atom. The van der Waals surface area contributed by atoms with Crippen molar-refractivity contribution < 1.29 is 0 Å². The van der Waals surface area contributed by atoms with Gasteiger partial charge in [0.1, 0.15) is 0 Å². The molecule has 24 heavy (non-hydrogen) atoms. The third-order valence-electron chi connectivity index (χ3n) is 5.40. The first-order chi connectivity index (χ1) is 11.5. The van der Waals surface area contributed by atoms with E-state index in [4.69, 9.17) is 0 Å². The molecule has 1 aromatic carbocycles. The van der Waals surface area contributed by atoms with E-state index < -0.39 is 0 Å². The fourth-order valence-electron chi connectivity index (χ4n) is 4.07. The normalized spacial score (nSPS) is 15.0. The summed E-state index contributed by atoms with van der Waals surface area (Å²) in [5.74, 6) is 0. The van der Waals surface area contributed by atoms with Crippen molar-refractivity contribution in [2.45, 2.75) is 86.0 Å². The average molecular weight is 341 g/mol. The minimum absolute atomic E-state index is 0.305. The number of allylic oxidation sites excluding steroid dienone is 4. The zero-order valence-corrected chi connectivity index (χ0v) is 18.0. The second kappa shape index (κ2) is 9.41. The fourth-order valence-corrected chi connectivity index (χ4v) is 6.06. The van der Waals surface area contributed by atoms with Crippen LogP contribution in [0.4, 0.5) is 0 Å². The summed E-state index contributed by atoms with van der Waals surface area (Å²) >= 11 is 0. The molecule has 0 saturated carbocycles. The smallest absolute Gasteiger partial charge is 0.0783 e. The molecule has 1 aromatic rings. The van der Waals surface area contributed by atoms with Gasteiger partial charge in [-0.2, -0.15) is 0 Å². The van der Waals surface area contributed by atoms with Gasteiger partial charge in [0.2, 0.25) is 0 Å². The standard InChI is InChI=1S/C23H36Si/c1-6-8-10-12-21-16-22(15-20(21)11-9-7-2)24-23-18(4)13-17(3)14-19(23)5/h13-15H,6-12,16,24H2,1-5H3. The number of hydrogen-bond acceptors (Lipinski definition) is 0. The molecule has 2 rings (SSSR count). The molecule has 1 aliphatic rings. The van der Waals surface area contributed by atoms with E-state index in [1.807, 2.05) is 0 Å². The molecule has 0 N–H and O–H groups in total. The van der Waals surface area contributed by atoms with Crippen LogP contribution in [0.1, 0.15) is 81.9 Å². The summed E-state index contributed by atoms with van der Waals surface area (Å²) in [4.78, 5) is 0. The van der Waals surface area contributed by atoms with E-state index >= 15 is 0 Å². The van der Waals surface area contributed by atoms with Crippen LogP contribution in [-0.4, -0.2) is 9.52 Å². The lowest BCUT2D eigenvalue weighted by Gasteiger charge is -2.12. The summed E-state index contributed by atoms with van der Waals surface area (Å²) in [5, 5.41) is 3.47. The summed E-state index contributed by atoms with van der Waals surface area (Å²) in [6.07, 6.45) is 13.3. The number of hydrogen-bond donors (Lipinski definition) is 0. The number of unbranched alkanes of at least 4 members (excludes halogenated alkanes) is 3. The molecule has 0 radical (unpaired) electrons. The van der Waals surface area contributed by atoms with Crippen molar-refractivity contribution in [1.82, 2.24) is 0 Å². The highest BCUT2D eigenvalue weighted by molar-refractivity contribution is 6.62. The summed E-state index contributed by atoms with van der Waals surface area (Å²) in [6, 6.07) is 4.75. The average Bonchev–Trinajstić information content (AvgIpc) is 2.91. The Bertz CT molecular complexity index is 596. The number of rotatable bonds is 9. The zero-order chi connectivity index (χ0) is 17.5. The summed E-state index contributed by atoms with van der Waals surface area (Å²) in [6.45, 7) is 11.5. The van der Waals surface area contributed by atoms with Gasteiger partial charge in [-0.3, -0.25) is 0 Å². The van der Waals surface area contributed by atoms with Crippen molar-refractivity contribution in [3.63, 3.8) is 0 Å². The molecule has 0 aliphatic heterocycles. The predicted molar refractivity (Wildman–Crippen MR) is 112 cm³/mol. The largest absolute Gasteiger partial charge is 0.0835 e. The SMILES string of the molecule is CCCCCC1=C(CCCC)C=C([SiH2]c2c(C)cc(C)cc2C)C1. The molecule has 0 nitrogen and oxygen atoms in total. The van der Waals surface area contributed by atoms with Gasteiger partial charge in [-0.05, 0) is 58.4 Å². The van der Waals surface area contributed by atoms with Crippen LogP contribution in [0.5, 0.6) is 0 Å². The lowest BCUT2D eigenvalue weighted by Crippen LogP contribution is -2.23. The Labute approximate surface area is 152 Å². The van der Waals surface area contributed by atoms with Crippen LogP contribution in [0.25, 0.3) is 0 Å². The van der Waals surface area contributed by atoms with Crippen molar-refractivity contribution in [2.24, 2.45) is 0 Å². The van der Waals surface area contributed by atoms with Gasteiger partial charge >= 0.3 is 0 Å². The Morgan fingerprint density at radius 2 is 1.54 bits per heavy atom. The molecular formula is C23H36Si. The molecule has 1 aliphatic carbocycles. The summed E-state index contributed by atoms with van der Waals surface area (Å²) in [5.41, 5.74) is 7.94. The topological polar surface area (TPSA) is 0 Å². The van der Waals surface area contributed by atoms with Gasteiger partial charge in [-0.25, -0.2) is 0 Å². The minimum Gasteiger partial charge on any atom is -0.0783 e. The molecule has 1 heteroatoms. The van der Waals surface area contributed by atoms with Gasteiger partial charge in [0.05, 0.1) is 9.52 Å². The molecule has 0 amide bonds. The van der Waals surface area contributed by atoms with Crippen LogP contribution < -0.4 is 5.19 Å². The van der Waals surface area contributed by atoms with Crippen LogP contribution in [0.15, 0.2) is 34.6 Å². The van der Waals surface area contributed by atoms with E-state index in [2.05, 4.69) is 52.8 Å². The fraction of sp³-hybridized carbons (Fsp3) is 0.565. The highest BCUT2D eigenvalue weighted by atomic mass is 28.2. The molecule has 0 bridgehead atoms. The van der Waals surface area contributed by atoms with Gasteiger partial charge in [-0.15, -0.1) is 0 Å². The molecule has 0 unspecified atom stereocenters. The van der Waals surface area contributed by atoms with E-state index in [1.54, 1.807) is 21.5 Å². The Kier molecular flexibility index (Phi) is 7.55. The van der Waals surface area contributed by atoms with Crippen LogP contribution in [-0.2, 0) is 0 Å². The van der Waals surface area contributed by atoms with Crippen molar-refractivity contribution in [3.8, 4) is 0 Å². The van der Waals surface area contributed by atoms with Gasteiger partial charge in [0.15, 0.2) is 0 Å². The van der Waals surface area contributed by atoms with Crippen molar-refractivity contribution in [3.05, 3.63) is 51.2 Å². The van der Waals surface area contributed by atoms with Gasteiger partial charge in [0.25, 0.3) is 0 Å². The molecule has 0 aromatic heterocycles. The van der Waals surface area contributed by atoms with E-state index in [-0.39, 0.29) is 9.52 Å². The lowest BCUT2D eigenvalue weighted by atomic mass is 10.00. The monoisotopic (exact) mass is 340 g/mol. The van der Waals surface area contributed by atoms with Crippen molar-refractivity contribution in [2.75, 3.05) is 0 Å². The van der Waals surface area contributed by atoms with Gasteiger partial charge < -0.3 is 0 Å². The highest BCUT2D eigenvalue weighted by Crippen LogP contribution is 2.32. The second-order valence-corrected chi connectivity index (χ2v) is 9.69. The highest BCUT2D eigenvalue weighted by Gasteiger charge is 2.17. The molecule has 132 valence electrons. The number of benzene rings is 1. The maximum absolute atomic E-state index is 2.61. The Morgan fingerprint density at radius 3 is 2.17 bits per heavy atom. The third kappa shape index (κ3) is 5.21. The summed E-state index contributed by atoms with van der Waals surface area (Å²) in [7, 11) is -0.305. The van der Waals surface area contributed by atoms with Crippen molar-refractivity contribution in [1.29, 1.82) is 0 Å². The van der Waals surface area contributed by atoms with E-state index in [1.165, 1.54) is 68.1 Å². The van der Waals surface area contributed by atoms with Gasteiger partial charge in [0, 0.05) is 0 Å². The Balaban J connectivity index is 2.10. The predicted octanol–water partition coefficient (Wildman–Crippen LogP) is 5.76. The van der Waals surface area contributed by atoms with Crippen LogP contribution >= 0.6 is 0 Å². The third-order valence-corrected chi connectivity index (χ3v) is 7.78. The van der Waals surface area contributed by atoms with E-state index in [0.29, 0.717) is 0 Å². The van der Waals surface area contributed by atoms with Gasteiger partial charge in [-0.1, -0.05) is 84.0 Å². The quantitative estimate of drug-likeness (QED) is 0.396. The second-order valence-electron chi connectivity index (χ2n) is 7.72. The van der Waals surface area contributed by atoms with E-state index in [9.17, 15) is 0 Å². The van der Waals surface area contributed by atoms with Crippen LogP contribution in [0, 0.1) is 20.8 Å². The minimum atomic E-state index is -0.305. The first kappa shape index (κ1) is 19.2. The Hall–Kier alpha value is -1.08. The molecule has 0 fully saturated rings. The number of aryl methyl sites for hydroxylation is 3. The van der Waals surface area contributed by atoms with Crippen molar-refractivity contribution >= 4 is 14.7 Å². The lowest BCUT2D eigenvalue weighted by molar-refractivity contribution is 0.699. The van der Waals surface area contributed by atoms with E-state index in [0.717, 1.165) is 0 Å². The van der Waals surface area contributed by atoms with Crippen LogP contribution in [0.3, 0.4) is 0 Å². The first-order valence-electron chi connectivity index (χ1n) is 10.0. The molecule has 0 heterocycles. The molecular weight excluding hydrogens is 304 g/mol. The zero-order valence-electron chi connectivity index (χ0n) is 16.6. The maximum atomic E-state index is 2.61. The van der Waals surface area contributed by atoms with Crippen LogP contribution in [0.2, 0.25) is 0 Å². The maximum Gasteiger partial charge on any atom is 0.0835 e. The molecule has 0 spiro atoms. The summed E-state index contributed by atoms with van der Waals surface area (Å²) < 4.78 is 0. The molecule has 0 atom stereocenters.